The maximum absolute atomic E-state index is 12.3. The maximum atomic E-state index is 12.3. The molecule has 0 saturated carbocycles. The van der Waals surface area contributed by atoms with Gasteiger partial charge in [-0.05, 0) is 32.0 Å². The number of thiophene rings is 2. The van der Waals surface area contributed by atoms with Crippen molar-refractivity contribution in [2.45, 2.75) is 13.8 Å². The van der Waals surface area contributed by atoms with Crippen LogP contribution in [0.15, 0.2) is 60.7 Å². The van der Waals surface area contributed by atoms with Crippen molar-refractivity contribution in [3.05, 3.63) is 71.8 Å². The predicted molar refractivity (Wildman–Crippen MR) is 117 cm³/mol. The van der Waals surface area contributed by atoms with E-state index in [1.54, 1.807) is 35.7 Å². The van der Waals surface area contributed by atoms with Crippen LogP contribution < -0.4 is 0 Å². The largest absolute Gasteiger partial charge is 0.462 e. The maximum Gasteiger partial charge on any atom is 0.338 e. The van der Waals surface area contributed by atoms with E-state index in [9.17, 15) is 9.59 Å². The number of ether oxygens (including phenoxy) is 1. The van der Waals surface area contributed by atoms with Crippen molar-refractivity contribution in [2.24, 2.45) is 0 Å². The number of rotatable bonds is 5. The Kier molecular flexibility index (Phi) is 5.11. The number of fused-ring (bicyclic) bond motifs is 1. The molecule has 0 amide bonds. The minimum absolute atomic E-state index is 0.0661. The first-order valence-corrected chi connectivity index (χ1v) is 10.6. The van der Waals surface area contributed by atoms with E-state index in [4.69, 9.17) is 4.74 Å². The van der Waals surface area contributed by atoms with Crippen LogP contribution in [-0.4, -0.2) is 18.4 Å². The molecule has 5 heteroatoms. The Bertz CT molecular complexity index is 1150. The van der Waals surface area contributed by atoms with E-state index < -0.39 is 0 Å². The summed E-state index contributed by atoms with van der Waals surface area (Å²) in [6, 6.07) is 19.5. The second-order valence-corrected chi connectivity index (χ2v) is 8.49. The summed E-state index contributed by atoms with van der Waals surface area (Å²) in [7, 11) is 0. The molecular formula is C23H18O3S2. The van der Waals surface area contributed by atoms with Gasteiger partial charge in [-0.15, -0.1) is 22.7 Å². The number of hydrogen-bond donors (Lipinski definition) is 0. The number of benzene rings is 2. The molecule has 4 rings (SSSR count). The van der Waals surface area contributed by atoms with Gasteiger partial charge in [0.2, 0.25) is 0 Å². The molecule has 28 heavy (non-hydrogen) atoms. The van der Waals surface area contributed by atoms with E-state index in [0.717, 1.165) is 35.8 Å². The molecule has 2 heterocycles. The Balaban J connectivity index is 1.76. The molecule has 0 radical (unpaired) electrons. The number of carbonyl (C=O) groups excluding carboxylic acids is 2. The Morgan fingerprint density at radius 3 is 1.86 bits per heavy atom. The van der Waals surface area contributed by atoms with Crippen molar-refractivity contribution in [3.8, 4) is 20.9 Å². The van der Waals surface area contributed by atoms with Gasteiger partial charge in [0.15, 0.2) is 5.78 Å². The highest BCUT2D eigenvalue weighted by atomic mass is 32.1. The summed E-state index contributed by atoms with van der Waals surface area (Å²) >= 11 is 3.31. The van der Waals surface area contributed by atoms with Crippen LogP contribution in [0.1, 0.15) is 34.6 Å². The highest BCUT2D eigenvalue weighted by Crippen LogP contribution is 2.43. The first kappa shape index (κ1) is 18.6. The smallest absolute Gasteiger partial charge is 0.338 e. The number of hydrogen-bond acceptors (Lipinski definition) is 5. The van der Waals surface area contributed by atoms with Gasteiger partial charge in [0.25, 0.3) is 0 Å². The second-order valence-electron chi connectivity index (χ2n) is 6.32. The highest BCUT2D eigenvalue weighted by molar-refractivity contribution is 7.31. The third-order valence-electron chi connectivity index (χ3n) is 4.47. The monoisotopic (exact) mass is 406 g/mol. The Hall–Kier alpha value is -2.76. The van der Waals surface area contributed by atoms with Crippen LogP contribution >= 0.6 is 22.7 Å². The highest BCUT2D eigenvalue weighted by Gasteiger charge is 2.17. The van der Waals surface area contributed by atoms with Gasteiger partial charge in [0.05, 0.1) is 12.2 Å². The molecule has 0 aliphatic rings. The standard InChI is InChI=1S/C23H18O3S2/c1-3-26-23(25)18-11-7-6-10-17(18)20-13-22-21(28-20)12-19(27-22)16-9-5-4-8-15(16)14(2)24/h4-13H,3H2,1-2H3. The van der Waals surface area contributed by atoms with Crippen LogP contribution in [0.2, 0.25) is 0 Å². The molecule has 4 aromatic rings. The van der Waals surface area contributed by atoms with E-state index in [0.29, 0.717) is 12.2 Å². The summed E-state index contributed by atoms with van der Waals surface area (Å²) in [6.45, 7) is 3.76. The van der Waals surface area contributed by atoms with Gasteiger partial charge in [0.1, 0.15) is 0 Å². The number of Topliss-reactive ketones (excluding diaryl/α,β-unsaturated/α-hetero) is 1. The lowest BCUT2D eigenvalue weighted by Gasteiger charge is -2.07. The summed E-state index contributed by atoms with van der Waals surface area (Å²) < 4.78 is 7.49. The zero-order chi connectivity index (χ0) is 19.7. The van der Waals surface area contributed by atoms with Crippen molar-refractivity contribution in [1.82, 2.24) is 0 Å². The van der Waals surface area contributed by atoms with E-state index in [-0.39, 0.29) is 11.8 Å². The summed E-state index contributed by atoms with van der Waals surface area (Å²) in [5, 5.41) is 0. The molecule has 0 spiro atoms. The minimum Gasteiger partial charge on any atom is -0.462 e. The van der Waals surface area contributed by atoms with Gasteiger partial charge >= 0.3 is 5.97 Å². The summed E-state index contributed by atoms with van der Waals surface area (Å²) in [4.78, 5) is 26.4. The van der Waals surface area contributed by atoms with Crippen molar-refractivity contribution >= 4 is 43.8 Å². The summed E-state index contributed by atoms with van der Waals surface area (Å²) in [5.41, 5.74) is 3.18. The molecule has 0 unspecified atom stereocenters. The van der Waals surface area contributed by atoms with Crippen LogP contribution in [0.25, 0.3) is 30.3 Å². The van der Waals surface area contributed by atoms with Gasteiger partial charge in [-0.1, -0.05) is 42.5 Å². The van der Waals surface area contributed by atoms with E-state index in [1.165, 1.54) is 0 Å². The SMILES string of the molecule is CCOC(=O)c1ccccc1-c1cc2sc(-c3ccccc3C(C)=O)cc2s1. The second kappa shape index (κ2) is 7.70. The van der Waals surface area contributed by atoms with E-state index in [2.05, 4.69) is 12.1 Å². The van der Waals surface area contributed by atoms with Gasteiger partial charge in [-0.2, -0.15) is 0 Å². The van der Waals surface area contributed by atoms with Crippen molar-refractivity contribution in [2.75, 3.05) is 6.61 Å². The molecule has 0 aliphatic heterocycles. The Morgan fingerprint density at radius 1 is 0.821 bits per heavy atom. The van der Waals surface area contributed by atoms with Crippen LogP contribution in [0.3, 0.4) is 0 Å². The fraction of sp³-hybridized carbons (Fsp3) is 0.130. The molecule has 0 saturated heterocycles. The fourth-order valence-electron chi connectivity index (χ4n) is 3.19. The molecule has 2 aromatic heterocycles. The molecule has 3 nitrogen and oxygen atoms in total. The molecule has 2 aromatic carbocycles. The lowest BCUT2D eigenvalue weighted by molar-refractivity contribution is 0.0527. The zero-order valence-corrected chi connectivity index (χ0v) is 17.2. The Morgan fingerprint density at radius 2 is 1.32 bits per heavy atom. The molecule has 140 valence electrons. The normalized spacial score (nSPS) is 10.9. The quantitative estimate of drug-likeness (QED) is 0.274. The fourth-order valence-corrected chi connectivity index (χ4v) is 5.67. The first-order valence-electron chi connectivity index (χ1n) is 8.98. The molecule has 0 bridgehead atoms. The predicted octanol–water partition coefficient (Wildman–Crippen LogP) is 6.68. The Labute approximate surface area is 171 Å². The van der Waals surface area contributed by atoms with Crippen molar-refractivity contribution in [3.63, 3.8) is 0 Å². The van der Waals surface area contributed by atoms with Crippen LogP contribution in [-0.2, 0) is 4.74 Å². The van der Waals surface area contributed by atoms with Gasteiger partial charge < -0.3 is 4.74 Å². The van der Waals surface area contributed by atoms with Gasteiger partial charge in [0, 0.05) is 35.8 Å². The average Bonchev–Trinajstić information content (AvgIpc) is 3.27. The van der Waals surface area contributed by atoms with Crippen molar-refractivity contribution < 1.29 is 14.3 Å². The van der Waals surface area contributed by atoms with Crippen LogP contribution in [0, 0.1) is 0 Å². The molecule has 0 fully saturated rings. The van der Waals surface area contributed by atoms with E-state index >= 15 is 0 Å². The average molecular weight is 407 g/mol. The molecular weight excluding hydrogens is 388 g/mol. The number of carbonyl (C=O) groups is 2. The van der Waals surface area contributed by atoms with Gasteiger partial charge in [-0.25, -0.2) is 4.79 Å². The van der Waals surface area contributed by atoms with Crippen LogP contribution in [0.5, 0.6) is 0 Å². The molecule has 0 atom stereocenters. The topological polar surface area (TPSA) is 43.4 Å². The lowest BCUT2D eigenvalue weighted by Crippen LogP contribution is -2.05. The minimum atomic E-state index is -0.300. The summed E-state index contributed by atoms with van der Waals surface area (Å²) in [5.74, 6) is -0.234. The molecule has 0 N–H and O–H groups in total. The lowest BCUT2D eigenvalue weighted by atomic mass is 10.0. The third kappa shape index (κ3) is 3.39. The zero-order valence-electron chi connectivity index (χ0n) is 15.5. The third-order valence-corrected chi connectivity index (χ3v) is 6.83. The van der Waals surface area contributed by atoms with Crippen LogP contribution in [0.4, 0.5) is 0 Å². The number of ketones is 1. The van der Waals surface area contributed by atoms with Crippen molar-refractivity contribution in [1.29, 1.82) is 0 Å². The van der Waals surface area contributed by atoms with E-state index in [1.807, 2.05) is 49.4 Å². The summed E-state index contributed by atoms with van der Waals surface area (Å²) in [6.07, 6.45) is 0. The number of esters is 1. The molecule has 0 aliphatic carbocycles. The van der Waals surface area contributed by atoms with Gasteiger partial charge in [-0.3, -0.25) is 4.79 Å². The first-order chi connectivity index (χ1) is 13.6.